The topological polar surface area (TPSA) is 29.5 Å². The van der Waals surface area contributed by atoms with Gasteiger partial charge in [-0.1, -0.05) is 22.0 Å². The molecule has 0 aliphatic carbocycles. The van der Waals surface area contributed by atoms with Crippen molar-refractivity contribution in [1.82, 2.24) is 0 Å². The van der Waals surface area contributed by atoms with Gasteiger partial charge in [-0.05, 0) is 19.1 Å². The molecule has 0 aliphatic rings. The second-order valence-corrected chi connectivity index (χ2v) is 4.18. The Kier molecular flexibility index (Phi) is 4.21. The van der Waals surface area contributed by atoms with E-state index < -0.39 is 18.9 Å². The Hall–Kier alpha value is -0.750. The van der Waals surface area contributed by atoms with E-state index in [0.717, 1.165) is 0 Å². The van der Waals surface area contributed by atoms with Gasteiger partial charge < -0.3 is 9.84 Å². The standard InChI is InChI=1S/C10H10BrF3O2/c1-6(15)8-3-2-7(11)4-9(8)16-5-10(12,13)14/h2-4,6,15H,5H2,1H3/t6-/m1/s1. The third kappa shape index (κ3) is 4.02. The highest BCUT2D eigenvalue weighted by Gasteiger charge is 2.29. The van der Waals surface area contributed by atoms with Crippen LogP contribution in [0, 0.1) is 0 Å². The first kappa shape index (κ1) is 13.3. The lowest BCUT2D eigenvalue weighted by molar-refractivity contribution is -0.153. The fourth-order valence-electron chi connectivity index (χ4n) is 1.14. The van der Waals surface area contributed by atoms with Crippen LogP contribution >= 0.6 is 15.9 Å². The minimum Gasteiger partial charge on any atom is -0.484 e. The first-order valence-corrected chi connectivity index (χ1v) is 5.26. The summed E-state index contributed by atoms with van der Waals surface area (Å²) in [6.45, 7) is 0.0901. The molecule has 0 unspecified atom stereocenters. The summed E-state index contributed by atoms with van der Waals surface area (Å²) >= 11 is 3.12. The molecule has 0 amide bonds. The van der Waals surface area contributed by atoms with Gasteiger partial charge in [0, 0.05) is 10.0 Å². The van der Waals surface area contributed by atoms with Crippen LogP contribution in [0.4, 0.5) is 13.2 Å². The Morgan fingerprint density at radius 3 is 2.56 bits per heavy atom. The number of benzene rings is 1. The molecular weight excluding hydrogens is 289 g/mol. The molecule has 0 saturated heterocycles. The second-order valence-electron chi connectivity index (χ2n) is 3.26. The summed E-state index contributed by atoms with van der Waals surface area (Å²) in [6.07, 6.45) is -5.27. The summed E-state index contributed by atoms with van der Waals surface area (Å²) in [6, 6.07) is 4.54. The molecule has 0 heterocycles. The number of alkyl halides is 3. The molecule has 1 rings (SSSR count). The van der Waals surface area contributed by atoms with E-state index in [0.29, 0.717) is 10.0 Å². The SMILES string of the molecule is C[C@@H](O)c1ccc(Br)cc1OCC(F)(F)F. The van der Waals surface area contributed by atoms with E-state index in [9.17, 15) is 18.3 Å². The van der Waals surface area contributed by atoms with Crippen molar-refractivity contribution in [3.8, 4) is 5.75 Å². The molecule has 0 saturated carbocycles. The third-order valence-corrected chi connectivity index (χ3v) is 2.31. The first-order valence-electron chi connectivity index (χ1n) is 4.46. The van der Waals surface area contributed by atoms with Gasteiger partial charge in [0.25, 0.3) is 0 Å². The van der Waals surface area contributed by atoms with E-state index >= 15 is 0 Å². The Morgan fingerprint density at radius 1 is 1.44 bits per heavy atom. The van der Waals surface area contributed by atoms with Gasteiger partial charge in [0.2, 0.25) is 0 Å². The minimum atomic E-state index is -4.39. The highest BCUT2D eigenvalue weighted by atomic mass is 79.9. The molecule has 0 radical (unpaired) electrons. The molecule has 1 aromatic carbocycles. The van der Waals surface area contributed by atoms with Crippen molar-refractivity contribution < 1.29 is 23.0 Å². The van der Waals surface area contributed by atoms with E-state index in [2.05, 4.69) is 20.7 Å². The van der Waals surface area contributed by atoms with Gasteiger partial charge in [0.1, 0.15) is 5.75 Å². The van der Waals surface area contributed by atoms with Crippen LogP contribution in [-0.2, 0) is 0 Å². The Bertz CT molecular complexity index is 364. The molecule has 1 N–H and O–H groups in total. The molecule has 6 heteroatoms. The lowest BCUT2D eigenvalue weighted by atomic mass is 10.1. The van der Waals surface area contributed by atoms with Crippen LogP contribution in [0.15, 0.2) is 22.7 Å². The molecule has 1 atom stereocenters. The molecule has 0 aliphatic heterocycles. The van der Waals surface area contributed by atoms with Crippen molar-refractivity contribution in [3.63, 3.8) is 0 Å². The van der Waals surface area contributed by atoms with Gasteiger partial charge in [-0.15, -0.1) is 0 Å². The number of ether oxygens (including phenoxy) is 1. The molecule has 2 nitrogen and oxygen atoms in total. The number of halogens is 4. The lowest BCUT2D eigenvalue weighted by Crippen LogP contribution is -2.20. The van der Waals surface area contributed by atoms with E-state index in [1.54, 1.807) is 6.07 Å². The third-order valence-electron chi connectivity index (χ3n) is 1.82. The van der Waals surface area contributed by atoms with Crippen LogP contribution in [0.2, 0.25) is 0 Å². The maximum absolute atomic E-state index is 12.0. The summed E-state index contributed by atoms with van der Waals surface area (Å²) in [5.41, 5.74) is 0.326. The average molecular weight is 299 g/mol. The molecule has 16 heavy (non-hydrogen) atoms. The zero-order valence-electron chi connectivity index (χ0n) is 8.38. The fraction of sp³-hybridized carbons (Fsp3) is 0.400. The van der Waals surface area contributed by atoms with Gasteiger partial charge >= 0.3 is 6.18 Å². The normalized spacial score (nSPS) is 13.6. The van der Waals surface area contributed by atoms with E-state index in [-0.39, 0.29) is 5.75 Å². The molecule has 1 aromatic rings. The van der Waals surface area contributed by atoms with Gasteiger partial charge in [-0.25, -0.2) is 0 Å². The molecule has 0 aromatic heterocycles. The van der Waals surface area contributed by atoms with Crippen molar-refractivity contribution in [2.75, 3.05) is 6.61 Å². The quantitative estimate of drug-likeness (QED) is 0.926. The van der Waals surface area contributed by atoms with Crippen LogP contribution in [-0.4, -0.2) is 17.9 Å². The van der Waals surface area contributed by atoms with E-state index in [1.165, 1.54) is 19.1 Å². The minimum absolute atomic E-state index is 0.0294. The predicted molar refractivity (Wildman–Crippen MR) is 56.3 cm³/mol. The van der Waals surface area contributed by atoms with Crippen LogP contribution in [0.5, 0.6) is 5.75 Å². The highest BCUT2D eigenvalue weighted by Crippen LogP contribution is 2.29. The summed E-state index contributed by atoms with van der Waals surface area (Å²) in [7, 11) is 0. The Labute approximate surface area is 99.2 Å². The van der Waals surface area contributed by atoms with Gasteiger partial charge in [-0.3, -0.25) is 0 Å². The molecule has 90 valence electrons. The van der Waals surface area contributed by atoms with Crippen LogP contribution in [0.25, 0.3) is 0 Å². The van der Waals surface area contributed by atoms with Gasteiger partial charge in [0.15, 0.2) is 6.61 Å². The number of rotatable bonds is 3. The molecule has 0 bridgehead atoms. The van der Waals surface area contributed by atoms with Crippen molar-refractivity contribution in [1.29, 1.82) is 0 Å². The predicted octanol–water partition coefficient (Wildman–Crippen LogP) is 3.44. The fourth-order valence-corrected chi connectivity index (χ4v) is 1.48. The Balaban J connectivity index is 2.88. The summed E-state index contributed by atoms with van der Waals surface area (Å²) in [5, 5.41) is 9.35. The molecular formula is C10H10BrF3O2. The summed E-state index contributed by atoms with van der Waals surface area (Å²) in [4.78, 5) is 0. The summed E-state index contributed by atoms with van der Waals surface area (Å²) < 4.78 is 41.1. The van der Waals surface area contributed by atoms with Crippen molar-refractivity contribution >= 4 is 15.9 Å². The largest absolute Gasteiger partial charge is 0.484 e. The monoisotopic (exact) mass is 298 g/mol. The highest BCUT2D eigenvalue weighted by molar-refractivity contribution is 9.10. The van der Waals surface area contributed by atoms with Crippen molar-refractivity contribution in [3.05, 3.63) is 28.2 Å². The smallest absolute Gasteiger partial charge is 0.422 e. The summed E-state index contributed by atoms with van der Waals surface area (Å²) in [5.74, 6) is 0.0294. The number of aliphatic hydroxyl groups excluding tert-OH is 1. The molecule has 0 spiro atoms. The van der Waals surface area contributed by atoms with Crippen LogP contribution in [0.3, 0.4) is 0 Å². The van der Waals surface area contributed by atoms with E-state index in [4.69, 9.17) is 0 Å². The number of hydrogen-bond donors (Lipinski definition) is 1. The lowest BCUT2D eigenvalue weighted by Gasteiger charge is -2.15. The Morgan fingerprint density at radius 2 is 2.06 bits per heavy atom. The zero-order chi connectivity index (χ0) is 12.3. The molecule has 0 fully saturated rings. The first-order chi connectivity index (χ1) is 7.29. The second kappa shape index (κ2) is 5.05. The van der Waals surface area contributed by atoms with Crippen molar-refractivity contribution in [2.24, 2.45) is 0 Å². The maximum Gasteiger partial charge on any atom is 0.422 e. The zero-order valence-corrected chi connectivity index (χ0v) is 9.97. The van der Waals surface area contributed by atoms with Crippen molar-refractivity contribution in [2.45, 2.75) is 19.2 Å². The number of aliphatic hydroxyl groups is 1. The van der Waals surface area contributed by atoms with Gasteiger partial charge in [-0.2, -0.15) is 13.2 Å². The van der Waals surface area contributed by atoms with Crippen LogP contribution in [0.1, 0.15) is 18.6 Å². The average Bonchev–Trinajstić information content (AvgIpc) is 2.13. The number of hydrogen-bond acceptors (Lipinski definition) is 2. The van der Waals surface area contributed by atoms with Gasteiger partial charge in [0.05, 0.1) is 6.10 Å². The maximum atomic E-state index is 12.0. The van der Waals surface area contributed by atoms with E-state index in [1.807, 2.05) is 0 Å². The van der Waals surface area contributed by atoms with Crippen LogP contribution < -0.4 is 4.74 Å².